The van der Waals surface area contributed by atoms with Crippen molar-refractivity contribution in [2.75, 3.05) is 4.90 Å². The maximum absolute atomic E-state index is 13.2. The zero-order valence-corrected chi connectivity index (χ0v) is 16.3. The summed E-state index contributed by atoms with van der Waals surface area (Å²) in [6.07, 6.45) is 5.76. The minimum absolute atomic E-state index is 0.0508. The number of carbonyl (C=O) groups excluding carboxylic acids is 1. The molecular weight excluding hydrogens is 376 g/mol. The summed E-state index contributed by atoms with van der Waals surface area (Å²) in [4.78, 5) is 19.3. The lowest BCUT2D eigenvalue weighted by Crippen LogP contribution is -2.34. The topological polar surface area (TPSA) is 87.7 Å². The Morgan fingerprint density at radius 1 is 1.25 bits per heavy atom. The summed E-state index contributed by atoms with van der Waals surface area (Å²) in [5.41, 5.74) is 3.69. The number of rotatable bonds is 4. The molecule has 2 aliphatic rings. The Kier molecular flexibility index (Phi) is 3.94. The predicted octanol–water partition coefficient (Wildman–Crippen LogP) is 3.06. The summed E-state index contributed by atoms with van der Waals surface area (Å²) < 4.78 is 0. The third-order valence-corrected chi connectivity index (χ3v) is 6.35. The van der Waals surface area contributed by atoms with Crippen LogP contribution in [0.4, 0.5) is 5.82 Å². The van der Waals surface area contributed by atoms with Gasteiger partial charge in [0.05, 0.1) is 18.1 Å². The van der Waals surface area contributed by atoms with Crippen molar-refractivity contribution in [3.8, 4) is 11.3 Å². The number of nitrogens with zero attached hydrogens (tertiary/aromatic N) is 5. The van der Waals surface area contributed by atoms with Gasteiger partial charge in [0.1, 0.15) is 5.15 Å². The van der Waals surface area contributed by atoms with Crippen molar-refractivity contribution >= 4 is 23.3 Å². The Hall–Kier alpha value is -2.80. The van der Waals surface area contributed by atoms with E-state index in [1.165, 1.54) is 0 Å². The fourth-order valence-electron chi connectivity index (χ4n) is 4.48. The summed E-state index contributed by atoms with van der Waals surface area (Å²) >= 11 is 6.04. The van der Waals surface area contributed by atoms with E-state index in [0.717, 1.165) is 22.4 Å². The van der Waals surface area contributed by atoms with Crippen LogP contribution in [0.5, 0.6) is 0 Å². The summed E-state index contributed by atoms with van der Waals surface area (Å²) in [6.45, 7) is 4.14. The Bertz CT molecular complexity index is 1050. The van der Waals surface area contributed by atoms with Crippen LogP contribution in [-0.4, -0.2) is 37.3 Å². The van der Waals surface area contributed by atoms with Gasteiger partial charge in [0.25, 0.3) is 0 Å². The fourth-order valence-corrected chi connectivity index (χ4v) is 4.58. The molecule has 4 atom stereocenters. The first-order valence-electron chi connectivity index (χ1n) is 9.31. The van der Waals surface area contributed by atoms with E-state index in [2.05, 4.69) is 32.3 Å². The summed E-state index contributed by atoms with van der Waals surface area (Å²) in [5.74, 6) is 1.57. The summed E-state index contributed by atoms with van der Waals surface area (Å²) in [6, 6.07) is 6.01. The maximum atomic E-state index is 13.2. The second-order valence-electron chi connectivity index (χ2n) is 7.67. The molecule has 3 unspecified atom stereocenters. The van der Waals surface area contributed by atoms with Gasteiger partial charge < -0.3 is 0 Å². The van der Waals surface area contributed by atoms with Gasteiger partial charge in [0.2, 0.25) is 5.91 Å². The smallest absolute Gasteiger partial charge is 0.232 e. The molecular formula is C20H19ClN6O. The van der Waals surface area contributed by atoms with Gasteiger partial charge in [0, 0.05) is 29.8 Å². The summed E-state index contributed by atoms with van der Waals surface area (Å²) in [7, 11) is 0. The van der Waals surface area contributed by atoms with Crippen LogP contribution in [-0.2, 0) is 11.2 Å². The van der Waals surface area contributed by atoms with Crippen LogP contribution in [0.3, 0.4) is 0 Å². The Morgan fingerprint density at radius 3 is 2.86 bits per heavy atom. The van der Waals surface area contributed by atoms with Gasteiger partial charge in [-0.25, -0.2) is 4.98 Å². The van der Waals surface area contributed by atoms with Crippen LogP contribution < -0.4 is 4.90 Å². The standard InChI is InChI=1S/C20H19ClN6O/c1-10-5-12(8-22-19(10)21)6-14-17-11(2)18(17)27(20(14)28)16-7-15(25-26-16)13-3-4-23-24-9-13/h3-5,7-9,11,14,17-18H,6H2,1-2H3,(H,25,26)/t11-,14?,17?,18?/m0/s1. The first-order chi connectivity index (χ1) is 13.5. The van der Waals surface area contributed by atoms with Gasteiger partial charge in [-0.15, -0.1) is 0 Å². The van der Waals surface area contributed by atoms with Crippen molar-refractivity contribution < 1.29 is 4.79 Å². The molecule has 1 saturated carbocycles. The molecule has 8 heteroatoms. The molecule has 0 bridgehead atoms. The average Bonchev–Trinajstić information content (AvgIpc) is 3.05. The molecule has 1 N–H and O–H groups in total. The van der Waals surface area contributed by atoms with E-state index >= 15 is 0 Å². The number of nitrogens with one attached hydrogen (secondary N) is 1. The first-order valence-corrected chi connectivity index (χ1v) is 9.69. The highest BCUT2D eigenvalue weighted by Crippen LogP contribution is 2.56. The number of halogens is 1. The van der Waals surface area contributed by atoms with Gasteiger partial charge in [-0.3, -0.25) is 14.8 Å². The average molecular weight is 395 g/mol. The predicted molar refractivity (Wildman–Crippen MR) is 105 cm³/mol. The number of carbonyl (C=O) groups is 1. The van der Waals surface area contributed by atoms with Crippen molar-refractivity contribution in [3.05, 3.63) is 53.1 Å². The second-order valence-corrected chi connectivity index (χ2v) is 8.03. The number of H-pyrrole nitrogens is 1. The minimum Gasteiger partial charge on any atom is -0.291 e. The number of piperidine rings is 1. The molecule has 1 amide bonds. The third kappa shape index (κ3) is 2.69. The number of amides is 1. The molecule has 28 heavy (non-hydrogen) atoms. The molecule has 0 aromatic carbocycles. The minimum atomic E-state index is -0.0508. The van der Waals surface area contributed by atoms with Gasteiger partial charge >= 0.3 is 0 Å². The Morgan fingerprint density at radius 2 is 2.11 bits per heavy atom. The van der Waals surface area contributed by atoms with E-state index in [1.54, 1.807) is 18.6 Å². The van der Waals surface area contributed by atoms with Gasteiger partial charge in [-0.05, 0) is 42.4 Å². The number of hydrogen-bond donors (Lipinski definition) is 1. The number of aromatic amines is 1. The molecule has 1 aliphatic heterocycles. The quantitative estimate of drug-likeness (QED) is 0.687. The third-order valence-electron chi connectivity index (χ3n) is 5.95. The SMILES string of the molecule is Cc1cc(CC2C(=O)N(c3cc(-c4ccnnc4)[nH]n3)C3C2[C@@H]3C)cnc1Cl. The van der Waals surface area contributed by atoms with Crippen molar-refractivity contribution in [1.29, 1.82) is 0 Å². The van der Waals surface area contributed by atoms with E-state index in [-0.39, 0.29) is 17.9 Å². The zero-order chi connectivity index (χ0) is 19.4. The lowest BCUT2D eigenvalue weighted by atomic mass is 9.94. The monoisotopic (exact) mass is 394 g/mol. The van der Waals surface area contributed by atoms with Crippen molar-refractivity contribution in [2.45, 2.75) is 26.3 Å². The van der Waals surface area contributed by atoms with Crippen molar-refractivity contribution in [1.82, 2.24) is 25.4 Å². The van der Waals surface area contributed by atoms with E-state index in [9.17, 15) is 4.79 Å². The van der Waals surface area contributed by atoms with Crippen LogP contribution in [0.25, 0.3) is 11.3 Å². The van der Waals surface area contributed by atoms with Crippen LogP contribution in [0.1, 0.15) is 18.1 Å². The molecule has 0 spiro atoms. The largest absolute Gasteiger partial charge is 0.291 e. The zero-order valence-electron chi connectivity index (χ0n) is 15.5. The van der Waals surface area contributed by atoms with Crippen LogP contribution >= 0.6 is 11.6 Å². The molecule has 1 aliphatic carbocycles. The molecule has 142 valence electrons. The van der Waals surface area contributed by atoms with E-state index < -0.39 is 0 Å². The molecule has 5 rings (SSSR count). The van der Waals surface area contributed by atoms with Gasteiger partial charge in [0.15, 0.2) is 5.82 Å². The van der Waals surface area contributed by atoms with E-state index in [1.807, 2.05) is 30.0 Å². The highest BCUT2D eigenvalue weighted by molar-refractivity contribution is 6.30. The van der Waals surface area contributed by atoms with E-state index in [0.29, 0.717) is 29.2 Å². The maximum Gasteiger partial charge on any atom is 0.232 e. The first kappa shape index (κ1) is 17.3. The van der Waals surface area contributed by atoms with Crippen LogP contribution in [0.2, 0.25) is 5.15 Å². The normalized spacial score (nSPS) is 25.8. The van der Waals surface area contributed by atoms with E-state index in [4.69, 9.17) is 11.6 Å². The van der Waals surface area contributed by atoms with Crippen LogP contribution in [0.15, 0.2) is 36.8 Å². The van der Waals surface area contributed by atoms with Crippen molar-refractivity contribution in [3.63, 3.8) is 0 Å². The molecule has 7 nitrogen and oxygen atoms in total. The summed E-state index contributed by atoms with van der Waals surface area (Å²) in [5, 5.41) is 15.6. The van der Waals surface area contributed by atoms with Crippen LogP contribution in [0, 0.1) is 24.7 Å². The number of aromatic nitrogens is 5. The molecule has 2 fully saturated rings. The molecule has 0 radical (unpaired) electrons. The Labute approximate surface area is 167 Å². The lowest BCUT2D eigenvalue weighted by Gasteiger charge is -2.20. The number of pyridine rings is 1. The number of anilines is 1. The highest BCUT2D eigenvalue weighted by atomic mass is 35.5. The van der Waals surface area contributed by atoms with Crippen molar-refractivity contribution in [2.24, 2.45) is 17.8 Å². The lowest BCUT2D eigenvalue weighted by molar-refractivity contribution is -0.121. The molecule has 3 aromatic heterocycles. The van der Waals surface area contributed by atoms with Gasteiger partial charge in [-0.2, -0.15) is 15.3 Å². The number of hydrogen-bond acceptors (Lipinski definition) is 5. The highest BCUT2D eigenvalue weighted by Gasteiger charge is 2.64. The number of fused-ring (bicyclic) bond motifs is 1. The number of aryl methyl sites for hydroxylation is 1. The van der Waals surface area contributed by atoms with Gasteiger partial charge in [-0.1, -0.05) is 24.6 Å². The Balaban J connectivity index is 1.41. The molecule has 4 heterocycles. The second kappa shape index (κ2) is 6.38. The molecule has 3 aromatic rings. The fraction of sp³-hybridized carbons (Fsp3) is 0.350. The molecule has 1 saturated heterocycles.